The molecule has 0 spiro atoms. The molecule has 2 N–H and O–H groups in total. The van der Waals surface area contributed by atoms with Crippen LogP contribution in [-0.2, 0) is 11.2 Å². The number of aromatic nitrogens is 4. The number of pyridine rings is 1. The molecule has 3 aromatic rings. The minimum atomic E-state index is -4.83. The fourth-order valence-electron chi connectivity index (χ4n) is 4.98. The number of carbonyl (C=O) groups excluding carboxylic acids is 2. The second-order valence-corrected chi connectivity index (χ2v) is 10.1. The summed E-state index contributed by atoms with van der Waals surface area (Å²) in [4.78, 5) is 29.7. The molecule has 1 aliphatic carbocycles. The van der Waals surface area contributed by atoms with E-state index >= 15 is 4.39 Å². The van der Waals surface area contributed by atoms with E-state index in [0.29, 0.717) is 6.42 Å². The van der Waals surface area contributed by atoms with E-state index in [-0.39, 0.29) is 29.9 Å². The SMILES string of the molecule is CCc1nonc1C(=O)N[C@H](c1cn2ccc(C(CC(F)F)C(=O)NCC(F)(F)F)c(F)c2n1)C1CCC(F)(F)CC1. The number of imidazole rings is 1. The number of amides is 2. The Hall–Kier alpha value is -3.79. The number of hydrogen-bond acceptors (Lipinski definition) is 6. The Labute approximate surface area is 233 Å². The summed E-state index contributed by atoms with van der Waals surface area (Å²) in [5.74, 6) is -8.88. The van der Waals surface area contributed by atoms with E-state index in [2.05, 4.69) is 25.2 Å². The number of nitrogens with zero attached hydrogens (tertiary/aromatic N) is 4. The molecule has 1 fully saturated rings. The van der Waals surface area contributed by atoms with E-state index in [1.54, 1.807) is 6.92 Å². The van der Waals surface area contributed by atoms with E-state index in [4.69, 9.17) is 0 Å². The number of hydrogen-bond donors (Lipinski definition) is 2. The maximum Gasteiger partial charge on any atom is 0.405 e. The number of nitrogens with one attached hydrogen (secondary N) is 2. The Bertz CT molecular complexity index is 1410. The molecule has 1 unspecified atom stereocenters. The second-order valence-electron chi connectivity index (χ2n) is 10.1. The van der Waals surface area contributed by atoms with E-state index in [9.17, 15) is 40.3 Å². The second kappa shape index (κ2) is 12.2. The minimum absolute atomic E-state index is 0.0207. The summed E-state index contributed by atoms with van der Waals surface area (Å²) in [6.45, 7) is -0.101. The molecule has 0 radical (unpaired) electrons. The normalized spacial score (nSPS) is 17.4. The van der Waals surface area contributed by atoms with Crippen molar-refractivity contribution >= 4 is 17.5 Å². The molecule has 1 aliphatic rings. The Balaban J connectivity index is 1.70. The monoisotopic (exact) mass is 610 g/mol. The van der Waals surface area contributed by atoms with Crippen LogP contribution in [0, 0.1) is 11.7 Å². The fraction of sp³-hybridized carbons (Fsp3) is 0.560. The molecule has 2 amide bonds. The van der Waals surface area contributed by atoms with Crippen molar-refractivity contribution in [3.63, 3.8) is 0 Å². The van der Waals surface area contributed by atoms with Crippen LogP contribution in [0.1, 0.15) is 78.4 Å². The molecule has 0 saturated heterocycles. The van der Waals surface area contributed by atoms with Crippen LogP contribution in [0.4, 0.5) is 35.1 Å². The van der Waals surface area contributed by atoms with Crippen molar-refractivity contribution in [2.24, 2.45) is 5.92 Å². The summed E-state index contributed by atoms with van der Waals surface area (Å²) in [7, 11) is 0. The Morgan fingerprint density at radius 1 is 1.19 bits per heavy atom. The molecule has 0 aromatic carbocycles. The molecule has 3 heterocycles. The first-order valence-electron chi connectivity index (χ1n) is 13.0. The molecule has 2 atom stereocenters. The van der Waals surface area contributed by atoms with Crippen molar-refractivity contribution in [2.45, 2.75) is 75.9 Å². The van der Waals surface area contributed by atoms with Crippen molar-refractivity contribution in [1.82, 2.24) is 30.3 Å². The third-order valence-electron chi connectivity index (χ3n) is 7.13. The summed E-state index contributed by atoms with van der Waals surface area (Å²) >= 11 is 0. The third-order valence-corrected chi connectivity index (χ3v) is 7.13. The zero-order valence-corrected chi connectivity index (χ0v) is 22.0. The number of rotatable bonds is 10. The first kappa shape index (κ1) is 31.2. The maximum absolute atomic E-state index is 15.7. The standard InChI is InChI=1S/C25H26F8N6O3/c1-2-15-20(38-42-37-15)23(41)36-19(12-3-6-24(29,30)7-4-12)16-10-39-8-5-13(18(28)21(39)35-16)14(9-17(26)27)22(40)34-11-25(31,32)33/h5,8,10,12,14,17,19H,2-4,6-7,9,11H2,1H3,(H,34,40)(H,36,41)/t14?,19-/m0/s1. The molecule has 0 bridgehead atoms. The van der Waals surface area contributed by atoms with Gasteiger partial charge in [-0.1, -0.05) is 12.1 Å². The van der Waals surface area contributed by atoms with Crippen molar-refractivity contribution in [1.29, 1.82) is 0 Å². The van der Waals surface area contributed by atoms with Gasteiger partial charge >= 0.3 is 6.18 Å². The summed E-state index contributed by atoms with van der Waals surface area (Å²) in [6.07, 6.45) is -7.45. The van der Waals surface area contributed by atoms with Gasteiger partial charge in [-0.05, 0) is 36.4 Å². The van der Waals surface area contributed by atoms with Gasteiger partial charge in [0.15, 0.2) is 17.2 Å². The van der Waals surface area contributed by atoms with Crippen LogP contribution in [0.5, 0.6) is 0 Å². The molecule has 0 aliphatic heterocycles. The molecule has 42 heavy (non-hydrogen) atoms. The summed E-state index contributed by atoms with van der Waals surface area (Å²) in [5.41, 5.74) is -0.945. The van der Waals surface area contributed by atoms with E-state index in [1.165, 1.54) is 17.7 Å². The van der Waals surface area contributed by atoms with E-state index < -0.39 is 91.1 Å². The maximum atomic E-state index is 15.7. The number of carbonyl (C=O) groups is 2. The average molecular weight is 611 g/mol. The van der Waals surface area contributed by atoms with Gasteiger partial charge in [0, 0.05) is 37.2 Å². The molecule has 1 saturated carbocycles. The largest absolute Gasteiger partial charge is 0.405 e. The van der Waals surface area contributed by atoms with Crippen LogP contribution in [0.2, 0.25) is 0 Å². The van der Waals surface area contributed by atoms with Crippen molar-refractivity contribution in [3.8, 4) is 0 Å². The number of fused-ring (bicyclic) bond motifs is 1. The van der Waals surface area contributed by atoms with E-state index in [1.807, 2.05) is 0 Å². The molecular formula is C25H26F8N6O3. The van der Waals surface area contributed by atoms with Gasteiger partial charge in [0.25, 0.3) is 5.91 Å². The zero-order valence-electron chi connectivity index (χ0n) is 22.0. The average Bonchev–Trinajstić information content (AvgIpc) is 3.57. The van der Waals surface area contributed by atoms with Crippen molar-refractivity contribution in [2.75, 3.05) is 6.54 Å². The van der Waals surface area contributed by atoms with Gasteiger partial charge in [-0.3, -0.25) is 9.59 Å². The quantitative estimate of drug-likeness (QED) is 0.308. The zero-order chi connectivity index (χ0) is 30.8. The van der Waals surface area contributed by atoms with Crippen LogP contribution in [0.3, 0.4) is 0 Å². The topological polar surface area (TPSA) is 114 Å². The molecular weight excluding hydrogens is 584 g/mol. The Kier molecular flexibility index (Phi) is 9.06. The van der Waals surface area contributed by atoms with Gasteiger partial charge in [-0.2, -0.15) is 13.2 Å². The number of aryl methyl sites for hydroxylation is 1. The molecule has 4 rings (SSSR count). The summed E-state index contributed by atoms with van der Waals surface area (Å²) < 4.78 is 114. The van der Waals surface area contributed by atoms with Crippen LogP contribution in [0.15, 0.2) is 23.1 Å². The predicted octanol–water partition coefficient (Wildman–Crippen LogP) is 5.13. The lowest BCUT2D eigenvalue weighted by Crippen LogP contribution is -2.37. The third kappa shape index (κ3) is 7.15. The smallest absolute Gasteiger partial charge is 0.346 e. The van der Waals surface area contributed by atoms with Crippen molar-refractivity contribution in [3.05, 3.63) is 46.9 Å². The highest BCUT2D eigenvalue weighted by atomic mass is 19.4. The van der Waals surface area contributed by atoms with Gasteiger partial charge in [0.05, 0.1) is 17.7 Å². The number of alkyl halides is 7. The highest BCUT2D eigenvalue weighted by Crippen LogP contribution is 2.41. The predicted molar refractivity (Wildman–Crippen MR) is 128 cm³/mol. The van der Waals surface area contributed by atoms with Gasteiger partial charge in [0.1, 0.15) is 12.2 Å². The van der Waals surface area contributed by atoms with Gasteiger partial charge in [0.2, 0.25) is 18.3 Å². The van der Waals surface area contributed by atoms with Crippen LogP contribution < -0.4 is 10.6 Å². The molecule has 17 heteroatoms. The van der Waals surface area contributed by atoms with Crippen LogP contribution in [-0.4, -0.2) is 56.6 Å². The highest BCUT2D eigenvalue weighted by molar-refractivity contribution is 5.93. The highest BCUT2D eigenvalue weighted by Gasteiger charge is 2.40. The lowest BCUT2D eigenvalue weighted by Gasteiger charge is -2.33. The van der Waals surface area contributed by atoms with Gasteiger partial charge in [-0.15, -0.1) is 0 Å². The minimum Gasteiger partial charge on any atom is -0.346 e. The van der Waals surface area contributed by atoms with E-state index in [0.717, 1.165) is 10.5 Å². The first-order valence-corrected chi connectivity index (χ1v) is 13.0. The van der Waals surface area contributed by atoms with Crippen LogP contribution >= 0.6 is 0 Å². The lowest BCUT2D eigenvalue weighted by molar-refractivity contribution is -0.139. The van der Waals surface area contributed by atoms with Gasteiger partial charge in [-0.25, -0.2) is 31.6 Å². The Morgan fingerprint density at radius 2 is 1.88 bits per heavy atom. The van der Waals surface area contributed by atoms with Gasteiger partial charge < -0.3 is 15.0 Å². The summed E-state index contributed by atoms with van der Waals surface area (Å²) in [6, 6.07) is -0.0538. The Morgan fingerprint density at radius 3 is 2.50 bits per heavy atom. The lowest BCUT2D eigenvalue weighted by atomic mass is 9.81. The fourth-order valence-corrected chi connectivity index (χ4v) is 4.98. The first-order chi connectivity index (χ1) is 19.7. The molecule has 230 valence electrons. The molecule has 9 nitrogen and oxygen atoms in total. The van der Waals surface area contributed by atoms with Crippen molar-refractivity contribution < 1.29 is 49.3 Å². The number of halogens is 8. The van der Waals surface area contributed by atoms with Crippen LogP contribution in [0.25, 0.3) is 5.65 Å². The molecule has 3 aromatic heterocycles. The summed E-state index contributed by atoms with van der Waals surface area (Å²) in [5, 5.41) is 11.4.